The summed E-state index contributed by atoms with van der Waals surface area (Å²) in [5, 5.41) is 6.97. The van der Waals surface area contributed by atoms with Crippen LogP contribution in [-0.2, 0) is 0 Å². The molecule has 0 heterocycles. The van der Waals surface area contributed by atoms with Crippen molar-refractivity contribution in [3.05, 3.63) is 0 Å². The molecule has 0 aromatic heterocycles. The second-order valence-corrected chi connectivity index (χ2v) is 6.05. The fourth-order valence-electron chi connectivity index (χ4n) is 1.96. The summed E-state index contributed by atoms with van der Waals surface area (Å²) in [6.07, 6.45) is 2.57. The summed E-state index contributed by atoms with van der Waals surface area (Å²) >= 11 is 0. The van der Waals surface area contributed by atoms with Crippen molar-refractivity contribution in [1.29, 1.82) is 0 Å². The molecule has 0 aliphatic rings. The van der Waals surface area contributed by atoms with Gasteiger partial charge in [0.1, 0.15) is 0 Å². The highest BCUT2D eigenvalue weighted by Gasteiger charge is 2.08. The van der Waals surface area contributed by atoms with E-state index < -0.39 is 0 Å². The van der Waals surface area contributed by atoms with E-state index in [-0.39, 0.29) is 0 Å². The number of nitrogens with zero attached hydrogens (tertiary/aromatic N) is 1. The van der Waals surface area contributed by atoms with Gasteiger partial charge < -0.3 is 10.6 Å². The third-order valence-corrected chi connectivity index (χ3v) is 3.11. The third kappa shape index (κ3) is 11.0. The van der Waals surface area contributed by atoms with E-state index in [1.54, 1.807) is 0 Å². The van der Waals surface area contributed by atoms with Gasteiger partial charge in [-0.15, -0.1) is 0 Å². The summed E-state index contributed by atoms with van der Waals surface area (Å²) in [6.45, 7) is 18.0. The molecule has 18 heavy (non-hydrogen) atoms. The quantitative estimate of drug-likeness (QED) is 0.557. The van der Waals surface area contributed by atoms with E-state index in [0.29, 0.717) is 18.1 Å². The fraction of sp³-hybridized carbons (Fsp3) is 1.00. The standard InChI is InChI=1S/C15H35N3/c1-13(2)16-9-7-8-11-18(15(5)6)12-10-17-14(3)4/h13-17H,7-12H2,1-6H3. The van der Waals surface area contributed by atoms with E-state index in [1.165, 1.54) is 19.4 Å². The van der Waals surface area contributed by atoms with E-state index in [2.05, 4.69) is 57.1 Å². The van der Waals surface area contributed by atoms with Gasteiger partial charge in [0.25, 0.3) is 0 Å². The van der Waals surface area contributed by atoms with Crippen LogP contribution in [-0.4, -0.2) is 49.2 Å². The third-order valence-electron chi connectivity index (χ3n) is 3.11. The molecule has 0 aliphatic carbocycles. The Labute approximate surface area is 115 Å². The zero-order chi connectivity index (χ0) is 14.0. The van der Waals surface area contributed by atoms with Crippen LogP contribution >= 0.6 is 0 Å². The van der Waals surface area contributed by atoms with Gasteiger partial charge >= 0.3 is 0 Å². The number of unbranched alkanes of at least 4 members (excludes halogenated alkanes) is 1. The van der Waals surface area contributed by atoms with Crippen molar-refractivity contribution in [3.63, 3.8) is 0 Å². The second-order valence-electron chi connectivity index (χ2n) is 6.05. The first kappa shape index (κ1) is 17.9. The molecule has 0 aliphatic heterocycles. The Morgan fingerprint density at radius 3 is 1.78 bits per heavy atom. The fourth-order valence-corrected chi connectivity index (χ4v) is 1.96. The molecular weight excluding hydrogens is 222 g/mol. The maximum absolute atomic E-state index is 3.49. The Hall–Kier alpha value is -0.120. The molecular formula is C15H35N3. The highest BCUT2D eigenvalue weighted by Crippen LogP contribution is 2.01. The second kappa shape index (κ2) is 10.8. The lowest BCUT2D eigenvalue weighted by Gasteiger charge is -2.27. The van der Waals surface area contributed by atoms with Crippen LogP contribution in [0.25, 0.3) is 0 Å². The van der Waals surface area contributed by atoms with Gasteiger partial charge in [-0.3, -0.25) is 4.90 Å². The van der Waals surface area contributed by atoms with Crippen LogP contribution in [0.15, 0.2) is 0 Å². The number of nitrogens with one attached hydrogen (secondary N) is 2. The number of hydrogen-bond acceptors (Lipinski definition) is 3. The van der Waals surface area contributed by atoms with Gasteiger partial charge in [0.15, 0.2) is 0 Å². The van der Waals surface area contributed by atoms with Crippen molar-refractivity contribution in [2.75, 3.05) is 26.2 Å². The van der Waals surface area contributed by atoms with Gasteiger partial charge in [-0.2, -0.15) is 0 Å². The molecule has 2 N–H and O–H groups in total. The Bertz CT molecular complexity index is 179. The smallest absolute Gasteiger partial charge is 0.0110 e. The Morgan fingerprint density at radius 2 is 1.28 bits per heavy atom. The van der Waals surface area contributed by atoms with Crippen LogP contribution in [0.3, 0.4) is 0 Å². The molecule has 0 atom stereocenters. The van der Waals surface area contributed by atoms with Crippen LogP contribution < -0.4 is 10.6 Å². The molecule has 3 heteroatoms. The maximum Gasteiger partial charge on any atom is 0.0110 e. The lowest BCUT2D eigenvalue weighted by molar-refractivity contribution is 0.215. The van der Waals surface area contributed by atoms with Gasteiger partial charge in [0.2, 0.25) is 0 Å². The van der Waals surface area contributed by atoms with Crippen LogP contribution in [0.4, 0.5) is 0 Å². The molecule has 0 rings (SSSR count). The van der Waals surface area contributed by atoms with Gasteiger partial charge in [-0.05, 0) is 39.8 Å². The molecule has 0 aromatic carbocycles. The van der Waals surface area contributed by atoms with E-state index >= 15 is 0 Å². The van der Waals surface area contributed by atoms with Crippen molar-refractivity contribution < 1.29 is 0 Å². The molecule has 0 saturated carbocycles. The van der Waals surface area contributed by atoms with Crippen molar-refractivity contribution >= 4 is 0 Å². The van der Waals surface area contributed by atoms with Crippen LogP contribution in [0, 0.1) is 0 Å². The van der Waals surface area contributed by atoms with Crippen LogP contribution in [0.2, 0.25) is 0 Å². The molecule has 3 nitrogen and oxygen atoms in total. The van der Waals surface area contributed by atoms with E-state index in [9.17, 15) is 0 Å². The van der Waals surface area contributed by atoms with E-state index in [4.69, 9.17) is 0 Å². The summed E-state index contributed by atoms with van der Waals surface area (Å²) in [5.74, 6) is 0. The summed E-state index contributed by atoms with van der Waals surface area (Å²) < 4.78 is 0. The summed E-state index contributed by atoms with van der Waals surface area (Å²) in [7, 11) is 0. The lowest BCUT2D eigenvalue weighted by atomic mass is 10.2. The monoisotopic (exact) mass is 257 g/mol. The lowest BCUT2D eigenvalue weighted by Crippen LogP contribution is -2.39. The van der Waals surface area contributed by atoms with Crippen molar-refractivity contribution in [3.8, 4) is 0 Å². The van der Waals surface area contributed by atoms with E-state index in [0.717, 1.165) is 19.6 Å². The van der Waals surface area contributed by atoms with Crippen molar-refractivity contribution in [2.45, 2.75) is 72.5 Å². The minimum absolute atomic E-state index is 0.592. The van der Waals surface area contributed by atoms with Gasteiger partial charge in [0, 0.05) is 31.2 Å². The molecule has 0 aromatic rings. The van der Waals surface area contributed by atoms with Crippen molar-refractivity contribution in [1.82, 2.24) is 15.5 Å². The van der Waals surface area contributed by atoms with Crippen LogP contribution in [0.1, 0.15) is 54.4 Å². The topological polar surface area (TPSA) is 27.3 Å². The summed E-state index contributed by atoms with van der Waals surface area (Å²) in [5.41, 5.74) is 0. The predicted molar refractivity (Wildman–Crippen MR) is 82.2 cm³/mol. The predicted octanol–water partition coefficient (Wildman–Crippen LogP) is 2.47. The SMILES string of the molecule is CC(C)NCCCCN(CCNC(C)C)C(C)C. The Balaban J connectivity index is 3.63. The minimum atomic E-state index is 0.592. The number of rotatable bonds is 11. The van der Waals surface area contributed by atoms with Crippen LogP contribution in [0.5, 0.6) is 0 Å². The minimum Gasteiger partial charge on any atom is -0.315 e. The molecule has 0 unspecified atom stereocenters. The van der Waals surface area contributed by atoms with Gasteiger partial charge in [-0.25, -0.2) is 0 Å². The van der Waals surface area contributed by atoms with Gasteiger partial charge in [-0.1, -0.05) is 27.7 Å². The van der Waals surface area contributed by atoms with Crippen molar-refractivity contribution in [2.24, 2.45) is 0 Å². The normalized spacial score (nSPS) is 12.3. The average molecular weight is 257 g/mol. The molecule has 110 valence electrons. The first-order valence-corrected chi connectivity index (χ1v) is 7.64. The molecule has 0 saturated heterocycles. The summed E-state index contributed by atoms with van der Waals surface area (Å²) in [4.78, 5) is 2.57. The maximum atomic E-state index is 3.49. The Morgan fingerprint density at radius 1 is 0.722 bits per heavy atom. The average Bonchev–Trinajstić information content (AvgIpc) is 2.25. The molecule has 0 bridgehead atoms. The number of hydrogen-bond donors (Lipinski definition) is 2. The molecule has 0 radical (unpaired) electrons. The first-order valence-electron chi connectivity index (χ1n) is 7.64. The Kier molecular flexibility index (Phi) is 10.7. The highest BCUT2D eigenvalue weighted by atomic mass is 15.2. The zero-order valence-electron chi connectivity index (χ0n) is 13.4. The molecule has 0 spiro atoms. The molecule has 0 fully saturated rings. The first-order chi connectivity index (χ1) is 8.43. The van der Waals surface area contributed by atoms with Gasteiger partial charge in [0.05, 0.1) is 0 Å². The largest absolute Gasteiger partial charge is 0.315 e. The zero-order valence-corrected chi connectivity index (χ0v) is 13.4. The molecule has 0 amide bonds. The van der Waals surface area contributed by atoms with E-state index in [1.807, 2.05) is 0 Å². The summed E-state index contributed by atoms with van der Waals surface area (Å²) in [6, 6.07) is 1.85. The highest BCUT2D eigenvalue weighted by molar-refractivity contribution is 4.66.